The van der Waals surface area contributed by atoms with Crippen LogP contribution < -0.4 is 5.32 Å². The van der Waals surface area contributed by atoms with Gasteiger partial charge in [0.1, 0.15) is 0 Å². The Morgan fingerprint density at radius 3 is 2.44 bits per heavy atom. The molecule has 1 N–H and O–H groups in total. The van der Waals surface area contributed by atoms with Crippen molar-refractivity contribution < 1.29 is 4.79 Å². The summed E-state index contributed by atoms with van der Waals surface area (Å²) in [5, 5.41) is 3.84. The highest BCUT2D eigenvalue weighted by atomic mass is 35.5. The lowest BCUT2D eigenvalue weighted by Crippen LogP contribution is -2.38. The molecule has 18 heavy (non-hydrogen) atoms. The topological polar surface area (TPSA) is 29.1 Å². The van der Waals surface area contributed by atoms with Gasteiger partial charge in [-0.05, 0) is 49.3 Å². The second kappa shape index (κ2) is 6.24. The van der Waals surface area contributed by atoms with Gasteiger partial charge in [0.2, 0.25) is 5.91 Å². The summed E-state index contributed by atoms with van der Waals surface area (Å²) in [5.74, 6) is 0.936. The summed E-state index contributed by atoms with van der Waals surface area (Å²) in [6.45, 7) is 2.28. The van der Waals surface area contributed by atoms with Gasteiger partial charge in [0.05, 0.1) is 6.42 Å². The van der Waals surface area contributed by atoms with E-state index in [9.17, 15) is 4.79 Å². The lowest BCUT2D eigenvalue weighted by molar-refractivity contribution is -0.121. The maximum absolute atomic E-state index is 11.9. The van der Waals surface area contributed by atoms with E-state index in [1.165, 1.54) is 12.8 Å². The van der Waals surface area contributed by atoms with Gasteiger partial charge >= 0.3 is 0 Å². The number of rotatable bonds is 3. The second-order valence-electron chi connectivity index (χ2n) is 5.33. The maximum Gasteiger partial charge on any atom is 0.224 e. The zero-order valence-corrected chi connectivity index (χ0v) is 11.5. The molecule has 0 unspecified atom stereocenters. The van der Waals surface area contributed by atoms with Crippen LogP contribution in [0.2, 0.25) is 5.02 Å². The average Bonchev–Trinajstić information content (AvgIpc) is 2.35. The molecular weight excluding hydrogens is 246 g/mol. The van der Waals surface area contributed by atoms with Crippen LogP contribution >= 0.6 is 11.6 Å². The highest BCUT2D eigenvalue weighted by Gasteiger charge is 2.19. The highest BCUT2D eigenvalue weighted by molar-refractivity contribution is 6.30. The van der Waals surface area contributed by atoms with Crippen molar-refractivity contribution in [2.45, 2.75) is 45.1 Å². The minimum Gasteiger partial charge on any atom is -0.353 e. The Balaban J connectivity index is 1.80. The third-order valence-electron chi connectivity index (χ3n) is 3.66. The minimum absolute atomic E-state index is 0.122. The van der Waals surface area contributed by atoms with E-state index in [0.29, 0.717) is 17.5 Å². The van der Waals surface area contributed by atoms with Crippen LogP contribution in [0.5, 0.6) is 0 Å². The SMILES string of the molecule is CC1CCC(NC(=O)Cc2ccc(Cl)cc2)CC1. The Labute approximate surface area is 114 Å². The molecule has 98 valence electrons. The highest BCUT2D eigenvalue weighted by Crippen LogP contribution is 2.23. The smallest absolute Gasteiger partial charge is 0.224 e. The van der Waals surface area contributed by atoms with Gasteiger partial charge < -0.3 is 5.32 Å². The Kier molecular flexibility index (Phi) is 4.65. The van der Waals surface area contributed by atoms with Crippen molar-refractivity contribution >= 4 is 17.5 Å². The molecule has 1 amide bonds. The molecule has 0 saturated heterocycles. The van der Waals surface area contributed by atoms with Crippen LogP contribution in [0.4, 0.5) is 0 Å². The molecule has 1 aromatic rings. The first-order valence-electron chi connectivity index (χ1n) is 6.67. The van der Waals surface area contributed by atoms with Gasteiger partial charge in [-0.2, -0.15) is 0 Å². The number of carbonyl (C=O) groups excluding carboxylic acids is 1. The lowest BCUT2D eigenvalue weighted by atomic mass is 9.87. The maximum atomic E-state index is 11.9. The third kappa shape index (κ3) is 4.02. The van der Waals surface area contributed by atoms with E-state index in [2.05, 4.69) is 12.2 Å². The molecule has 0 heterocycles. The molecule has 3 heteroatoms. The molecule has 1 fully saturated rings. The summed E-state index contributed by atoms with van der Waals surface area (Å²) in [6, 6.07) is 7.84. The molecule has 0 bridgehead atoms. The summed E-state index contributed by atoms with van der Waals surface area (Å²) in [6.07, 6.45) is 5.14. The third-order valence-corrected chi connectivity index (χ3v) is 3.91. The largest absolute Gasteiger partial charge is 0.353 e. The van der Waals surface area contributed by atoms with Gasteiger partial charge in [-0.3, -0.25) is 4.79 Å². The minimum atomic E-state index is 0.122. The molecule has 0 aliphatic heterocycles. The van der Waals surface area contributed by atoms with Crippen LogP contribution in [0.25, 0.3) is 0 Å². The molecule has 0 spiro atoms. The Morgan fingerprint density at radius 2 is 1.83 bits per heavy atom. The summed E-state index contributed by atoms with van der Waals surface area (Å²) in [7, 11) is 0. The number of nitrogens with one attached hydrogen (secondary N) is 1. The van der Waals surface area contributed by atoms with Crippen molar-refractivity contribution in [3.8, 4) is 0 Å². The van der Waals surface area contributed by atoms with Crippen molar-refractivity contribution in [3.63, 3.8) is 0 Å². The zero-order chi connectivity index (χ0) is 13.0. The van der Waals surface area contributed by atoms with E-state index in [-0.39, 0.29) is 5.91 Å². The van der Waals surface area contributed by atoms with Gasteiger partial charge in [-0.1, -0.05) is 30.7 Å². The summed E-state index contributed by atoms with van der Waals surface area (Å²) in [5.41, 5.74) is 1.01. The van der Waals surface area contributed by atoms with E-state index < -0.39 is 0 Å². The van der Waals surface area contributed by atoms with E-state index in [1.807, 2.05) is 24.3 Å². The van der Waals surface area contributed by atoms with Crippen molar-refractivity contribution in [1.82, 2.24) is 5.32 Å². The van der Waals surface area contributed by atoms with Crippen LogP contribution in [-0.2, 0) is 11.2 Å². The molecule has 2 nitrogen and oxygen atoms in total. The average molecular weight is 266 g/mol. The normalized spacial score (nSPS) is 23.7. The molecule has 1 aliphatic carbocycles. The molecule has 2 rings (SSSR count). The summed E-state index contributed by atoms with van der Waals surface area (Å²) in [4.78, 5) is 11.9. The fourth-order valence-electron chi connectivity index (χ4n) is 2.47. The lowest BCUT2D eigenvalue weighted by Gasteiger charge is -2.26. The number of hydrogen-bond donors (Lipinski definition) is 1. The Morgan fingerprint density at radius 1 is 1.22 bits per heavy atom. The van der Waals surface area contributed by atoms with Crippen molar-refractivity contribution in [1.29, 1.82) is 0 Å². The van der Waals surface area contributed by atoms with Gasteiger partial charge in [0, 0.05) is 11.1 Å². The number of amides is 1. The van der Waals surface area contributed by atoms with E-state index in [1.54, 1.807) is 0 Å². The second-order valence-corrected chi connectivity index (χ2v) is 5.76. The summed E-state index contributed by atoms with van der Waals surface area (Å²) >= 11 is 5.82. The quantitative estimate of drug-likeness (QED) is 0.889. The predicted molar refractivity (Wildman–Crippen MR) is 74.7 cm³/mol. The predicted octanol–water partition coefficient (Wildman–Crippen LogP) is 3.58. The molecule has 1 saturated carbocycles. The molecule has 0 radical (unpaired) electrons. The van der Waals surface area contributed by atoms with E-state index in [0.717, 1.165) is 24.3 Å². The molecule has 1 aromatic carbocycles. The molecule has 1 aliphatic rings. The van der Waals surface area contributed by atoms with Gasteiger partial charge in [-0.25, -0.2) is 0 Å². The first kappa shape index (κ1) is 13.4. The first-order valence-corrected chi connectivity index (χ1v) is 7.05. The number of hydrogen-bond acceptors (Lipinski definition) is 1. The monoisotopic (exact) mass is 265 g/mol. The molecule has 0 atom stereocenters. The number of carbonyl (C=O) groups is 1. The van der Waals surface area contributed by atoms with Crippen LogP contribution in [0.3, 0.4) is 0 Å². The number of halogens is 1. The van der Waals surface area contributed by atoms with Crippen LogP contribution in [-0.4, -0.2) is 11.9 Å². The molecule has 0 aromatic heterocycles. The first-order chi connectivity index (χ1) is 8.63. The van der Waals surface area contributed by atoms with Crippen molar-refractivity contribution in [3.05, 3.63) is 34.9 Å². The Hall–Kier alpha value is -1.02. The van der Waals surface area contributed by atoms with E-state index >= 15 is 0 Å². The van der Waals surface area contributed by atoms with Gasteiger partial charge in [0.15, 0.2) is 0 Å². The zero-order valence-electron chi connectivity index (χ0n) is 10.8. The fraction of sp³-hybridized carbons (Fsp3) is 0.533. The Bertz CT molecular complexity index is 393. The van der Waals surface area contributed by atoms with Gasteiger partial charge in [-0.15, -0.1) is 0 Å². The van der Waals surface area contributed by atoms with Crippen molar-refractivity contribution in [2.24, 2.45) is 5.92 Å². The fourth-order valence-corrected chi connectivity index (χ4v) is 2.60. The molecular formula is C15H20ClNO. The van der Waals surface area contributed by atoms with Crippen LogP contribution in [0.1, 0.15) is 38.2 Å². The standard InChI is InChI=1S/C15H20ClNO/c1-11-2-8-14(9-3-11)17-15(18)10-12-4-6-13(16)7-5-12/h4-7,11,14H,2-3,8-10H2,1H3,(H,17,18). The van der Waals surface area contributed by atoms with Gasteiger partial charge in [0.25, 0.3) is 0 Å². The summed E-state index contributed by atoms with van der Waals surface area (Å²) < 4.78 is 0. The van der Waals surface area contributed by atoms with Crippen molar-refractivity contribution in [2.75, 3.05) is 0 Å². The van der Waals surface area contributed by atoms with Crippen LogP contribution in [0, 0.1) is 5.92 Å². The van der Waals surface area contributed by atoms with E-state index in [4.69, 9.17) is 11.6 Å². The number of benzene rings is 1. The van der Waals surface area contributed by atoms with Crippen LogP contribution in [0.15, 0.2) is 24.3 Å².